The first-order valence-corrected chi connectivity index (χ1v) is 8.15. The molecule has 1 aliphatic heterocycles. The second-order valence-corrected chi connectivity index (χ2v) is 7.55. The van der Waals surface area contributed by atoms with Crippen LogP contribution in [0.1, 0.15) is 23.7 Å². The van der Waals surface area contributed by atoms with Crippen LogP contribution in [0, 0.1) is 5.92 Å². The Morgan fingerprint density at radius 1 is 1.40 bits per heavy atom. The number of halogens is 2. The van der Waals surface area contributed by atoms with Crippen molar-refractivity contribution in [1.82, 2.24) is 4.31 Å². The fraction of sp³-hybridized carbons (Fsp3) is 0.417. The van der Waals surface area contributed by atoms with E-state index < -0.39 is 16.0 Å². The molecule has 0 bridgehead atoms. The number of sulfonamides is 1. The highest BCUT2D eigenvalue weighted by atomic mass is 35.5. The molecule has 2 rings (SSSR count). The van der Waals surface area contributed by atoms with Crippen molar-refractivity contribution >= 4 is 39.2 Å². The van der Waals surface area contributed by atoms with Gasteiger partial charge in [0.05, 0.1) is 10.6 Å². The van der Waals surface area contributed by atoms with Gasteiger partial charge in [0.15, 0.2) is 0 Å². The minimum absolute atomic E-state index is 0.0256. The molecule has 1 unspecified atom stereocenters. The van der Waals surface area contributed by atoms with Gasteiger partial charge in [-0.25, -0.2) is 13.2 Å². The molecule has 0 amide bonds. The van der Waals surface area contributed by atoms with Crippen LogP contribution in [0.4, 0.5) is 0 Å². The van der Waals surface area contributed by atoms with Crippen LogP contribution >= 0.6 is 23.2 Å². The topological polar surface area (TPSA) is 74.7 Å². The van der Waals surface area contributed by atoms with E-state index in [0.29, 0.717) is 13.1 Å². The molecule has 1 heterocycles. The highest BCUT2D eigenvalue weighted by molar-refractivity contribution is 7.89. The van der Waals surface area contributed by atoms with Crippen molar-refractivity contribution in [3.63, 3.8) is 0 Å². The second-order valence-electron chi connectivity index (χ2n) is 4.83. The summed E-state index contributed by atoms with van der Waals surface area (Å²) in [6.07, 6.45) is 0.767. The predicted molar refractivity (Wildman–Crippen MR) is 76.0 cm³/mol. The van der Waals surface area contributed by atoms with Crippen molar-refractivity contribution in [1.29, 1.82) is 0 Å². The Balaban J connectivity index is 2.55. The Morgan fingerprint density at radius 2 is 2.05 bits per heavy atom. The zero-order valence-corrected chi connectivity index (χ0v) is 13.0. The summed E-state index contributed by atoms with van der Waals surface area (Å²) in [7, 11) is -3.83. The number of carboxylic acid groups (broad SMARTS) is 1. The molecule has 1 N–H and O–H groups in total. The number of hydrogen-bond donors (Lipinski definition) is 1. The van der Waals surface area contributed by atoms with Crippen LogP contribution in [-0.2, 0) is 10.0 Å². The van der Waals surface area contributed by atoms with Gasteiger partial charge in [-0.3, -0.25) is 0 Å². The SMILES string of the molecule is CC1CCN(S(=O)(=O)c2cc(Cl)cc(C(=O)O)c2Cl)C1. The molecule has 110 valence electrons. The average molecular weight is 338 g/mol. The summed E-state index contributed by atoms with van der Waals surface area (Å²) in [5.41, 5.74) is -0.315. The number of nitrogens with zero attached hydrogens (tertiary/aromatic N) is 1. The van der Waals surface area contributed by atoms with E-state index in [-0.39, 0.29) is 26.4 Å². The zero-order valence-electron chi connectivity index (χ0n) is 10.6. The smallest absolute Gasteiger partial charge is 0.337 e. The monoisotopic (exact) mass is 337 g/mol. The van der Waals surface area contributed by atoms with Gasteiger partial charge in [-0.15, -0.1) is 0 Å². The van der Waals surface area contributed by atoms with Crippen molar-refractivity contribution in [2.75, 3.05) is 13.1 Å². The summed E-state index contributed by atoms with van der Waals surface area (Å²) < 4.78 is 26.3. The quantitative estimate of drug-likeness (QED) is 0.920. The maximum atomic E-state index is 12.5. The van der Waals surface area contributed by atoms with Crippen LogP contribution in [0.5, 0.6) is 0 Å². The van der Waals surface area contributed by atoms with Crippen molar-refractivity contribution < 1.29 is 18.3 Å². The van der Waals surface area contributed by atoms with Gasteiger partial charge in [0.2, 0.25) is 10.0 Å². The summed E-state index contributed by atoms with van der Waals surface area (Å²) in [5.74, 6) is -1.05. The standard InChI is InChI=1S/C12H13Cl2NO4S/c1-7-2-3-15(6-7)20(18,19)10-5-8(13)4-9(11(10)14)12(16)17/h4-5,7H,2-3,6H2,1H3,(H,16,17). The van der Waals surface area contributed by atoms with Crippen LogP contribution in [0.25, 0.3) is 0 Å². The molecule has 1 aromatic carbocycles. The van der Waals surface area contributed by atoms with E-state index in [9.17, 15) is 13.2 Å². The lowest BCUT2D eigenvalue weighted by atomic mass is 10.2. The van der Waals surface area contributed by atoms with E-state index in [0.717, 1.165) is 12.5 Å². The van der Waals surface area contributed by atoms with Gasteiger partial charge in [-0.1, -0.05) is 30.1 Å². The minimum atomic E-state index is -3.83. The molecular formula is C12H13Cl2NO4S. The molecule has 5 nitrogen and oxygen atoms in total. The van der Waals surface area contributed by atoms with E-state index in [1.54, 1.807) is 0 Å². The molecule has 0 spiro atoms. The molecule has 0 saturated carbocycles. The largest absolute Gasteiger partial charge is 0.478 e. The summed E-state index contributed by atoms with van der Waals surface area (Å²) >= 11 is 11.7. The molecular weight excluding hydrogens is 325 g/mol. The van der Waals surface area contributed by atoms with Crippen LogP contribution in [0.3, 0.4) is 0 Å². The Hall–Kier alpha value is -0.820. The summed E-state index contributed by atoms with van der Waals surface area (Å²) in [6.45, 7) is 2.75. The van der Waals surface area contributed by atoms with E-state index >= 15 is 0 Å². The number of rotatable bonds is 3. The number of aromatic carboxylic acids is 1. The van der Waals surface area contributed by atoms with Crippen molar-refractivity contribution in [2.24, 2.45) is 5.92 Å². The third-order valence-corrected chi connectivity index (χ3v) is 5.87. The summed E-state index contributed by atoms with van der Waals surface area (Å²) in [5, 5.41) is 8.76. The molecule has 0 aliphatic carbocycles. The summed E-state index contributed by atoms with van der Waals surface area (Å²) in [4.78, 5) is 10.8. The Kier molecular flexibility index (Phi) is 4.30. The molecule has 0 radical (unpaired) electrons. The van der Waals surface area contributed by atoms with Crippen LogP contribution in [-0.4, -0.2) is 36.9 Å². The maximum Gasteiger partial charge on any atom is 0.337 e. The van der Waals surface area contributed by atoms with Crippen molar-refractivity contribution in [3.8, 4) is 0 Å². The van der Waals surface area contributed by atoms with Crippen molar-refractivity contribution in [2.45, 2.75) is 18.2 Å². The van der Waals surface area contributed by atoms with Crippen LogP contribution in [0.15, 0.2) is 17.0 Å². The van der Waals surface area contributed by atoms with E-state index in [4.69, 9.17) is 28.3 Å². The van der Waals surface area contributed by atoms with Gasteiger partial charge < -0.3 is 5.11 Å². The lowest BCUT2D eigenvalue weighted by Gasteiger charge is -2.18. The Bertz CT molecular complexity index is 660. The fourth-order valence-electron chi connectivity index (χ4n) is 2.16. The highest BCUT2D eigenvalue weighted by Crippen LogP contribution is 2.33. The van der Waals surface area contributed by atoms with Gasteiger partial charge in [-0.2, -0.15) is 4.31 Å². The van der Waals surface area contributed by atoms with Crippen LogP contribution in [0.2, 0.25) is 10.0 Å². The first-order chi connectivity index (χ1) is 9.23. The predicted octanol–water partition coefficient (Wildman–Crippen LogP) is 2.72. The molecule has 1 atom stereocenters. The van der Waals surface area contributed by atoms with E-state index in [1.807, 2.05) is 6.92 Å². The molecule has 8 heteroatoms. The average Bonchev–Trinajstić information content (AvgIpc) is 2.78. The molecule has 20 heavy (non-hydrogen) atoms. The van der Waals surface area contributed by atoms with E-state index in [2.05, 4.69) is 0 Å². The fourth-order valence-corrected chi connectivity index (χ4v) is 4.61. The number of carboxylic acids is 1. The van der Waals surface area contributed by atoms with Gasteiger partial charge in [0, 0.05) is 18.1 Å². The van der Waals surface area contributed by atoms with Gasteiger partial charge in [0.25, 0.3) is 0 Å². The third kappa shape index (κ3) is 2.79. The first-order valence-electron chi connectivity index (χ1n) is 5.96. The summed E-state index contributed by atoms with van der Waals surface area (Å²) in [6, 6.07) is 2.33. The van der Waals surface area contributed by atoms with E-state index in [1.165, 1.54) is 10.4 Å². The number of hydrogen-bond acceptors (Lipinski definition) is 3. The lowest BCUT2D eigenvalue weighted by Crippen LogP contribution is -2.29. The molecule has 1 fully saturated rings. The van der Waals surface area contributed by atoms with Gasteiger partial charge in [0.1, 0.15) is 4.90 Å². The lowest BCUT2D eigenvalue weighted by molar-refractivity contribution is 0.0697. The molecule has 0 aromatic heterocycles. The minimum Gasteiger partial charge on any atom is -0.478 e. The molecule has 1 saturated heterocycles. The van der Waals surface area contributed by atoms with Crippen LogP contribution < -0.4 is 0 Å². The molecule has 1 aliphatic rings. The maximum absolute atomic E-state index is 12.5. The zero-order chi connectivity index (χ0) is 15.1. The van der Waals surface area contributed by atoms with Gasteiger partial charge >= 0.3 is 5.97 Å². The normalized spacial score (nSPS) is 20.2. The highest BCUT2D eigenvalue weighted by Gasteiger charge is 2.33. The number of benzene rings is 1. The Labute approximate surface area is 127 Å². The molecule has 1 aromatic rings. The first kappa shape index (κ1) is 15.6. The third-order valence-electron chi connectivity index (χ3n) is 3.24. The second kappa shape index (κ2) is 5.52. The van der Waals surface area contributed by atoms with Crippen molar-refractivity contribution in [3.05, 3.63) is 27.7 Å². The Morgan fingerprint density at radius 3 is 2.55 bits per heavy atom. The van der Waals surface area contributed by atoms with Gasteiger partial charge in [-0.05, 0) is 24.5 Å². The number of carbonyl (C=O) groups is 1.